The predicted molar refractivity (Wildman–Crippen MR) is 86.4 cm³/mol. The van der Waals surface area contributed by atoms with Gasteiger partial charge in [-0.15, -0.1) is 0 Å². The average Bonchev–Trinajstić information content (AvgIpc) is 2.47. The molecule has 1 saturated heterocycles. The van der Waals surface area contributed by atoms with Gasteiger partial charge in [0.2, 0.25) is 0 Å². The lowest BCUT2D eigenvalue weighted by atomic mass is 9.95. The first-order valence-corrected chi connectivity index (χ1v) is 8.11. The van der Waals surface area contributed by atoms with E-state index in [0.717, 1.165) is 32.0 Å². The number of carbonyl (C=O) groups excluding carboxylic acids is 1. The third-order valence-electron chi connectivity index (χ3n) is 4.60. The Kier molecular flexibility index (Phi) is 7.63. The number of piperidine rings is 1. The van der Waals surface area contributed by atoms with Crippen molar-refractivity contribution >= 4 is 5.97 Å². The fourth-order valence-corrected chi connectivity index (χ4v) is 3.07. The van der Waals surface area contributed by atoms with E-state index in [0.29, 0.717) is 0 Å². The van der Waals surface area contributed by atoms with Crippen LogP contribution < -0.4 is 5.32 Å². The minimum absolute atomic E-state index is 0.169. The average molecular weight is 299 g/mol. The molecule has 1 atom stereocenters. The van der Waals surface area contributed by atoms with E-state index < -0.39 is 5.54 Å². The van der Waals surface area contributed by atoms with Crippen LogP contribution in [-0.2, 0) is 9.53 Å². The lowest BCUT2D eigenvalue weighted by molar-refractivity contribution is -0.148. The Bertz CT molecular complexity index is 317. The van der Waals surface area contributed by atoms with Gasteiger partial charge in [0.15, 0.2) is 0 Å². The van der Waals surface area contributed by atoms with Gasteiger partial charge < -0.3 is 19.9 Å². The number of ether oxygens (including phenoxy) is 1. The van der Waals surface area contributed by atoms with Crippen molar-refractivity contribution in [2.45, 2.75) is 38.6 Å². The van der Waals surface area contributed by atoms with Gasteiger partial charge in [-0.1, -0.05) is 6.92 Å². The second-order valence-corrected chi connectivity index (χ2v) is 6.61. The van der Waals surface area contributed by atoms with Gasteiger partial charge in [-0.05, 0) is 65.8 Å². The summed E-state index contributed by atoms with van der Waals surface area (Å²) in [6.07, 6.45) is 3.33. The van der Waals surface area contributed by atoms with Crippen molar-refractivity contribution in [2.24, 2.45) is 5.92 Å². The zero-order chi connectivity index (χ0) is 15.9. The van der Waals surface area contributed by atoms with Crippen LogP contribution in [0.15, 0.2) is 0 Å². The summed E-state index contributed by atoms with van der Waals surface area (Å²) < 4.78 is 4.94. The van der Waals surface area contributed by atoms with Crippen LogP contribution in [0.2, 0.25) is 0 Å². The molecular weight excluding hydrogens is 266 g/mol. The SMILES string of the molecule is CCNC(C)(CCN(C)CC1CCN(C)CC1)C(=O)OC. The Morgan fingerprint density at radius 1 is 1.43 bits per heavy atom. The summed E-state index contributed by atoms with van der Waals surface area (Å²) in [5.41, 5.74) is -0.579. The molecule has 1 unspecified atom stereocenters. The fourth-order valence-electron chi connectivity index (χ4n) is 3.07. The Morgan fingerprint density at radius 2 is 2.05 bits per heavy atom. The monoisotopic (exact) mass is 299 g/mol. The first-order valence-electron chi connectivity index (χ1n) is 8.11. The number of methoxy groups -OCH3 is 1. The predicted octanol–water partition coefficient (Wildman–Crippen LogP) is 1.19. The molecule has 0 spiro atoms. The second-order valence-electron chi connectivity index (χ2n) is 6.61. The van der Waals surface area contributed by atoms with E-state index in [4.69, 9.17) is 4.74 Å². The molecule has 5 nitrogen and oxygen atoms in total. The third kappa shape index (κ3) is 5.93. The van der Waals surface area contributed by atoms with Gasteiger partial charge >= 0.3 is 5.97 Å². The van der Waals surface area contributed by atoms with Crippen molar-refractivity contribution in [2.75, 3.05) is 53.9 Å². The highest BCUT2D eigenvalue weighted by atomic mass is 16.5. The second kappa shape index (κ2) is 8.71. The van der Waals surface area contributed by atoms with Gasteiger partial charge in [0.05, 0.1) is 7.11 Å². The van der Waals surface area contributed by atoms with Gasteiger partial charge in [-0.2, -0.15) is 0 Å². The quantitative estimate of drug-likeness (QED) is 0.682. The van der Waals surface area contributed by atoms with Crippen molar-refractivity contribution in [1.82, 2.24) is 15.1 Å². The molecule has 1 N–H and O–H groups in total. The Hall–Kier alpha value is -0.650. The Balaban J connectivity index is 2.39. The third-order valence-corrected chi connectivity index (χ3v) is 4.60. The largest absolute Gasteiger partial charge is 0.468 e. The number of hydrogen-bond acceptors (Lipinski definition) is 5. The minimum atomic E-state index is -0.579. The highest BCUT2D eigenvalue weighted by Gasteiger charge is 2.33. The van der Waals surface area contributed by atoms with Crippen LogP contribution in [0.3, 0.4) is 0 Å². The summed E-state index contributed by atoms with van der Waals surface area (Å²) in [7, 11) is 5.81. The Labute approximate surface area is 130 Å². The Morgan fingerprint density at radius 3 is 2.57 bits per heavy atom. The number of nitrogens with zero attached hydrogens (tertiary/aromatic N) is 2. The molecule has 1 rings (SSSR count). The van der Waals surface area contributed by atoms with Gasteiger partial charge in [-0.25, -0.2) is 0 Å². The lowest BCUT2D eigenvalue weighted by Gasteiger charge is -2.33. The molecule has 21 heavy (non-hydrogen) atoms. The number of esters is 1. The van der Waals surface area contributed by atoms with Crippen LogP contribution in [0, 0.1) is 5.92 Å². The van der Waals surface area contributed by atoms with E-state index in [1.165, 1.54) is 33.0 Å². The van der Waals surface area contributed by atoms with Gasteiger partial charge in [0.25, 0.3) is 0 Å². The number of carbonyl (C=O) groups is 1. The highest BCUT2D eigenvalue weighted by molar-refractivity contribution is 5.80. The number of nitrogens with one attached hydrogen (secondary N) is 1. The summed E-state index contributed by atoms with van der Waals surface area (Å²) in [5, 5.41) is 3.27. The van der Waals surface area contributed by atoms with Crippen molar-refractivity contribution in [3.8, 4) is 0 Å². The highest BCUT2D eigenvalue weighted by Crippen LogP contribution is 2.18. The minimum Gasteiger partial charge on any atom is -0.468 e. The summed E-state index contributed by atoms with van der Waals surface area (Å²) in [5.74, 6) is 0.617. The maximum Gasteiger partial charge on any atom is 0.325 e. The van der Waals surface area contributed by atoms with Crippen LogP contribution in [-0.4, -0.2) is 75.2 Å². The van der Waals surface area contributed by atoms with E-state index >= 15 is 0 Å². The normalized spacial score (nSPS) is 20.5. The van der Waals surface area contributed by atoms with Crippen molar-refractivity contribution in [3.63, 3.8) is 0 Å². The molecule has 0 aliphatic carbocycles. The van der Waals surface area contributed by atoms with E-state index in [-0.39, 0.29) is 5.97 Å². The molecule has 0 amide bonds. The van der Waals surface area contributed by atoms with Crippen molar-refractivity contribution in [1.29, 1.82) is 0 Å². The summed E-state index contributed by atoms with van der Waals surface area (Å²) in [6.45, 7) is 9.16. The zero-order valence-electron chi connectivity index (χ0n) is 14.4. The van der Waals surface area contributed by atoms with Crippen LogP contribution in [0.25, 0.3) is 0 Å². The summed E-state index contributed by atoms with van der Waals surface area (Å²) in [4.78, 5) is 16.7. The van der Waals surface area contributed by atoms with Crippen molar-refractivity contribution < 1.29 is 9.53 Å². The summed E-state index contributed by atoms with van der Waals surface area (Å²) in [6, 6.07) is 0. The number of hydrogen-bond donors (Lipinski definition) is 1. The zero-order valence-corrected chi connectivity index (χ0v) is 14.4. The number of likely N-dealkylation sites (tertiary alicyclic amines) is 1. The molecular formula is C16H33N3O2. The van der Waals surface area contributed by atoms with E-state index in [1.54, 1.807) is 0 Å². The van der Waals surface area contributed by atoms with Crippen molar-refractivity contribution in [3.05, 3.63) is 0 Å². The molecule has 0 aromatic carbocycles. The molecule has 1 fully saturated rings. The molecule has 0 bridgehead atoms. The van der Waals surface area contributed by atoms with Crippen LogP contribution in [0.1, 0.15) is 33.1 Å². The topological polar surface area (TPSA) is 44.8 Å². The smallest absolute Gasteiger partial charge is 0.325 e. The molecule has 124 valence electrons. The van der Waals surface area contributed by atoms with Gasteiger partial charge in [0.1, 0.15) is 5.54 Å². The van der Waals surface area contributed by atoms with E-state index in [9.17, 15) is 4.79 Å². The molecule has 1 aliphatic heterocycles. The molecule has 0 radical (unpaired) electrons. The molecule has 1 aliphatic rings. The first kappa shape index (κ1) is 18.4. The maximum atomic E-state index is 12.0. The molecule has 5 heteroatoms. The maximum absolute atomic E-state index is 12.0. The van der Waals surface area contributed by atoms with Gasteiger partial charge in [0, 0.05) is 13.1 Å². The lowest BCUT2D eigenvalue weighted by Crippen LogP contribution is -2.52. The molecule has 0 aromatic rings. The standard InChI is InChI=1S/C16H33N3O2/c1-6-17-16(2,15(20)21-5)9-12-19(4)13-14-7-10-18(3)11-8-14/h14,17H,6-13H2,1-5H3. The van der Waals surface area contributed by atoms with E-state index in [1.807, 2.05) is 13.8 Å². The molecule has 0 saturated carbocycles. The summed E-state index contributed by atoms with van der Waals surface area (Å²) >= 11 is 0. The van der Waals surface area contributed by atoms with Crippen LogP contribution in [0.5, 0.6) is 0 Å². The number of likely N-dealkylation sites (N-methyl/N-ethyl adjacent to an activating group) is 1. The van der Waals surface area contributed by atoms with Gasteiger partial charge in [-0.3, -0.25) is 4.79 Å². The molecule has 1 heterocycles. The van der Waals surface area contributed by atoms with Crippen LogP contribution >= 0.6 is 0 Å². The fraction of sp³-hybridized carbons (Fsp3) is 0.938. The number of rotatable bonds is 8. The molecule has 0 aromatic heterocycles. The van der Waals surface area contributed by atoms with E-state index in [2.05, 4.69) is 29.2 Å². The van der Waals surface area contributed by atoms with Crippen LogP contribution in [0.4, 0.5) is 0 Å². The first-order chi connectivity index (χ1) is 9.91.